The lowest BCUT2D eigenvalue weighted by Gasteiger charge is -2.37. The van der Waals surface area contributed by atoms with Crippen molar-refractivity contribution < 1.29 is 19.0 Å². The molecule has 1 saturated heterocycles. The third kappa shape index (κ3) is 4.30. The van der Waals surface area contributed by atoms with Crippen LogP contribution < -0.4 is 4.74 Å². The van der Waals surface area contributed by atoms with Crippen molar-refractivity contribution in [2.75, 3.05) is 20.2 Å². The zero-order chi connectivity index (χ0) is 19.6. The number of hydrogen-bond donors (Lipinski definition) is 1. The Morgan fingerprint density at radius 1 is 1.15 bits per heavy atom. The van der Waals surface area contributed by atoms with Gasteiger partial charge in [-0.05, 0) is 63.5 Å². The standard InChI is InChI=1S/C22H26FNO3/c1-14-10-15(2)12-17(11-14)21(19-13-18(23)4-5-20(19)27-3)24-8-6-16(7-9-24)22(25)26/h4-5,10-13,16,21H,6-9H2,1-3H3,(H,25,26). The van der Waals surface area contributed by atoms with E-state index in [2.05, 4.69) is 23.1 Å². The molecule has 1 aliphatic rings. The largest absolute Gasteiger partial charge is 0.496 e. The Kier molecular flexibility index (Phi) is 5.80. The van der Waals surface area contributed by atoms with E-state index in [1.54, 1.807) is 13.2 Å². The molecule has 0 spiro atoms. The van der Waals surface area contributed by atoms with E-state index in [1.165, 1.54) is 12.1 Å². The molecule has 1 fully saturated rings. The number of carboxylic acid groups (broad SMARTS) is 1. The van der Waals surface area contributed by atoms with E-state index in [0.29, 0.717) is 31.7 Å². The van der Waals surface area contributed by atoms with Gasteiger partial charge in [0.2, 0.25) is 0 Å². The average Bonchev–Trinajstić information content (AvgIpc) is 2.62. The van der Waals surface area contributed by atoms with E-state index >= 15 is 0 Å². The average molecular weight is 371 g/mol. The number of rotatable bonds is 5. The minimum absolute atomic E-state index is 0.177. The maximum atomic E-state index is 14.1. The lowest BCUT2D eigenvalue weighted by Crippen LogP contribution is -2.39. The second-order valence-electron chi connectivity index (χ2n) is 7.36. The molecule has 3 rings (SSSR count). The highest BCUT2D eigenvalue weighted by Crippen LogP contribution is 2.38. The van der Waals surface area contributed by atoms with Gasteiger partial charge in [0.15, 0.2) is 0 Å². The van der Waals surface area contributed by atoms with E-state index in [-0.39, 0.29) is 17.8 Å². The van der Waals surface area contributed by atoms with Crippen LogP contribution in [0.2, 0.25) is 0 Å². The van der Waals surface area contributed by atoms with Crippen LogP contribution in [0.15, 0.2) is 36.4 Å². The number of carbonyl (C=O) groups is 1. The molecule has 1 atom stereocenters. The Hall–Kier alpha value is -2.40. The maximum absolute atomic E-state index is 14.1. The van der Waals surface area contributed by atoms with Crippen molar-refractivity contribution in [3.05, 3.63) is 64.5 Å². The summed E-state index contributed by atoms with van der Waals surface area (Å²) < 4.78 is 19.6. The number of likely N-dealkylation sites (tertiary alicyclic amines) is 1. The van der Waals surface area contributed by atoms with Crippen LogP contribution in [0, 0.1) is 25.6 Å². The second kappa shape index (κ2) is 8.09. The number of halogens is 1. The number of aliphatic carboxylic acids is 1. The lowest BCUT2D eigenvalue weighted by atomic mass is 9.89. The molecule has 4 nitrogen and oxygen atoms in total. The predicted octanol–water partition coefficient (Wildman–Crippen LogP) is 4.34. The van der Waals surface area contributed by atoms with Crippen LogP contribution in [-0.4, -0.2) is 36.2 Å². The highest BCUT2D eigenvalue weighted by Gasteiger charge is 2.32. The van der Waals surface area contributed by atoms with Crippen molar-refractivity contribution in [2.45, 2.75) is 32.7 Å². The predicted molar refractivity (Wildman–Crippen MR) is 103 cm³/mol. The van der Waals surface area contributed by atoms with E-state index in [4.69, 9.17) is 4.74 Å². The van der Waals surface area contributed by atoms with Gasteiger partial charge in [0.25, 0.3) is 0 Å². The molecule has 0 bridgehead atoms. The molecule has 5 heteroatoms. The minimum Gasteiger partial charge on any atom is -0.496 e. The summed E-state index contributed by atoms with van der Waals surface area (Å²) in [5.41, 5.74) is 4.14. The molecule has 1 N–H and O–H groups in total. The highest BCUT2D eigenvalue weighted by molar-refractivity contribution is 5.70. The summed E-state index contributed by atoms with van der Waals surface area (Å²) in [6.07, 6.45) is 1.18. The van der Waals surface area contributed by atoms with Crippen molar-refractivity contribution >= 4 is 5.97 Å². The van der Waals surface area contributed by atoms with Gasteiger partial charge in [-0.3, -0.25) is 9.69 Å². The molecule has 1 unspecified atom stereocenters. The zero-order valence-electron chi connectivity index (χ0n) is 16.0. The quantitative estimate of drug-likeness (QED) is 0.850. The van der Waals surface area contributed by atoms with Crippen molar-refractivity contribution in [1.29, 1.82) is 0 Å². The summed E-state index contributed by atoms with van der Waals surface area (Å²) in [6.45, 7) is 5.39. The van der Waals surface area contributed by atoms with Crippen LogP contribution in [0.3, 0.4) is 0 Å². The molecule has 2 aromatic rings. The molecule has 0 radical (unpaired) electrons. The van der Waals surface area contributed by atoms with Crippen LogP contribution in [0.4, 0.5) is 4.39 Å². The topological polar surface area (TPSA) is 49.8 Å². The van der Waals surface area contributed by atoms with Gasteiger partial charge in [-0.1, -0.05) is 29.3 Å². The van der Waals surface area contributed by atoms with Crippen LogP contribution in [-0.2, 0) is 4.79 Å². The lowest BCUT2D eigenvalue weighted by molar-refractivity contribution is -0.143. The van der Waals surface area contributed by atoms with E-state index in [9.17, 15) is 14.3 Å². The summed E-state index contributed by atoms with van der Waals surface area (Å²) in [5.74, 6) is -0.710. The maximum Gasteiger partial charge on any atom is 0.306 e. The molecule has 27 heavy (non-hydrogen) atoms. The third-order valence-electron chi connectivity index (χ3n) is 5.29. The Morgan fingerprint density at radius 3 is 2.33 bits per heavy atom. The normalized spacial score (nSPS) is 16.9. The van der Waals surface area contributed by atoms with E-state index < -0.39 is 5.97 Å². The molecular formula is C22H26FNO3. The Labute approximate surface area is 159 Å². The number of ether oxygens (including phenoxy) is 1. The molecule has 0 aliphatic carbocycles. The van der Waals surface area contributed by atoms with Crippen molar-refractivity contribution in [3.8, 4) is 5.75 Å². The monoisotopic (exact) mass is 371 g/mol. The Balaban J connectivity index is 2.05. The number of hydrogen-bond acceptors (Lipinski definition) is 3. The smallest absolute Gasteiger partial charge is 0.306 e. The van der Waals surface area contributed by atoms with Crippen molar-refractivity contribution in [3.63, 3.8) is 0 Å². The first-order valence-electron chi connectivity index (χ1n) is 9.27. The first-order chi connectivity index (χ1) is 12.9. The summed E-state index contributed by atoms with van der Waals surface area (Å²) in [7, 11) is 1.59. The summed E-state index contributed by atoms with van der Waals surface area (Å²) in [4.78, 5) is 13.6. The number of piperidine rings is 1. The van der Waals surface area contributed by atoms with E-state index in [0.717, 1.165) is 22.3 Å². The number of carboxylic acids is 1. The molecule has 2 aromatic carbocycles. The summed E-state index contributed by atoms with van der Waals surface area (Å²) in [5, 5.41) is 9.30. The SMILES string of the molecule is COc1ccc(F)cc1C(c1cc(C)cc(C)c1)N1CCC(C(=O)O)CC1. The minimum atomic E-state index is -0.735. The molecule has 0 saturated carbocycles. The summed E-state index contributed by atoms with van der Waals surface area (Å²) >= 11 is 0. The van der Waals surface area contributed by atoms with Gasteiger partial charge in [0, 0.05) is 5.56 Å². The van der Waals surface area contributed by atoms with Crippen LogP contribution in [0.1, 0.15) is 41.1 Å². The van der Waals surface area contributed by atoms with Gasteiger partial charge in [-0.15, -0.1) is 0 Å². The highest BCUT2D eigenvalue weighted by atomic mass is 19.1. The second-order valence-corrected chi connectivity index (χ2v) is 7.36. The molecule has 0 amide bonds. The number of aryl methyl sites for hydroxylation is 2. The van der Waals surface area contributed by atoms with Crippen molar-refractivity contribution in [2.24, 2.45) is 5.92 Å². The number of nitrogens with zero attached hydrogens (tertiary/aromatic N) is 1. The molecule has 0 aromatic heterocycles. The van der Waals surface area contributed by atoms with Gasteiger partial charge in [-0.25, -0.2) is 4.39 Å². The first kappa shape index (κ1) is 19.4. The van der Waals surface area contributed by atoms with Gasteiger partial charge < -0.3 is 9.84 Å². The Morgan fingerprint density at radius 2 is 1.78 bits per heavy atom. The molecule has 1 heterocycles. The van der Waals surface area contributed by atoms with E-state index in [1.807, 2.05) is 13.8 Å². The van der Waals surface area contributed by atoms with Crippen LogP contribution in [0.5, 0.6) is 5.75 Å². The fraction of sp³-hybridized carbons (Fsp3) is 0.409. The van der Waals surface area contributed by atoms with Crippen molar-refractivity contribution in [1.82, 2.24) is 4.90 Å². The number of benzene rings is 2. The van der Waals surface area contributed by atoms with Gasteiger partial charge in [0.1, 0.15) is 11.6 Å². The van der Waals surface area contributed by atoms with Gasteiger partial charge >= 0.3 is 5.97 Å². The van der Waals surface area contributed by atoms with Gasteiger partial charge in [0.05, 0.1) is 19.1 Å². The van der Waals surface area contributed by atoms with Crippen LogP contribution >= 0.6 is 0 Å². The summed E-state index contributed by atoms with van der Waals surface area (Å²) in [6, 6.07) is 10.8. The van der Waals surface area contributed by atoms with Crippen LogP contribution in [0.25, 0.3) is 0 Å². The fourth-order valence-corrected chi connectivity index (χ4v) is 4.08. The molecule has 144 valence electrons. The Bertz CT molecular complexity index is 808. The third-order valence-corrected chi connectivity index (χ3v) is 5.29. The number of methoxy groups -OCH3 is 1. The molecular weight excluding hydrogens is 345 g/mol. The molecule has 1 aliphatic heterocycles. The zero-order valence-corrected chi connectivity index (χ0v) is 16.0. The first-order valence-corrected chi connectivity index (χ1v) is 9.27. The van der Waals surface area contributed by atoms with Gasteiger partial charge in [-0.2, -0.15) is 0 Å². The fourth-order valence-electron chi connectivity index (χ4n) is 4.08.